The average Bonchev–Trinajstić information content (AvgIpc) is 3.33. The van der Waals surface area contributed by atoms with Gasteiger partial charge in [-0.15, -0.1) is 0 Å². The van der Waals surface area contributed by atoms with E-state index in [0.717, 1.165) is 19.9 Å². The summed E-state index contributed by atoms with van der Waals surface area (Å²) in [6.07, 6.45) is -6.77. The number of phenols is 1. The lowest BCUT2D eigenvalue weighted by molar-refractivity contribution is -0.302. The fourth-order valence-electron chi connectivity index (χ4n) is 6.21. The molecule has 1 aromatic carbocycles. The third-order valence-electron chi connectivity index (χ3n) is 8.59. The van der Waals surface area contributed by atoms with Crippen molar-refractivity contribution in [2.45, 2.75) is 89.2 Å². The quantitative estimate of drug-likeness (QED) is 0.106. The van der Waals surface area contributed by atoms with Crippen molar-refractivity contribution < 1.29 is 77.9 Å². The van der Waals surface area contributed by atoms with Crippen LogP contribution in [0.3, 0.4) is 0 Å². The lowest BCUT2D eigenvalue weighted by Crippen LogP contribution is -2.60. The van der Waals surface area contributed by atoms with Crippen LogP contribution >= 0.6 is 0 Å². The zero-order valence-corrected chi connectivity index (χ0v) is 28.1. The van der Waals surface area contributed by atoms with Gasteiger partial charge in [-0.3, -0.25) is 14.4 Å². The molecule has 1 aromatic rings. The first kappa shape index (κ1) is 38.7. The molecule has 276 valence electrons. The zero-order valence-electron chi connectivity index (χ0n) is 28.1. The highest BCUT2D eigenvalue weighted by molar-refractivity contribution is 5.87. The van der Waals surface area contributed by atoms with E-state index in [0.29, 0.717) is 11.1 Å². The molecule has 16 heteroatoms. The molecule has 1 aliphatic carbocycles. The molecule has 0 radical (unpaired) electrons. The number of aliphatic hydroxyl groups is 4. The van der Waals surface area contributed by atoms with Gasteiger partial charge in [0, 0.05) is 32.3 Å². The molecule has 4 rings (SSSR count). The highest BCUT2D eigenvalue weighted by Crippen LogP contribution is 2.51. The number of benzene rings is 1. The molecule has 10 atom stereocenters. The van der Waals surface area contributed by atoms with Gasteiger partial charge in [0.15, 0.2) is 12.4 Å². The Morgan fingerprint density at radius 1 is 1.00 bits per heavy atom. The molecule has 3 aliphatic rings. The summed E-state index contributed by atoms with van der Waals surface area (Å²) in [5.41, 5.74) is -1.18. The topological polar surface area (TPSA) is 234 Å². The van der Waals surface area contributed by atoms with Gasteiger partial charge in [-0.25, -0.2) is 4.79 Å². The molecule has 16 nitrogen and oxygen atoms in total. The molecule has 0 amide bonds. The number of aromatic hydroxyl groups is 1. The summed E-state index contributed by atoms with van der Waals surface area (Å²) in [5, 5.41) is 52.6. The van der Waals surface area contributed by atoms with Crippen molar-refractivity contribution in [3.8, 4) is 5.75 Å². The standard InChI is InChI=1S/C34H44O16/c1-17(2)11-27(40)50-32-28-23(12-25(47-19(4)37)34(28,43)16-46-18(3)36)21(14-44-32)15-45-33-31(30(42)29(41)24(13-35)48-33)49-26(39)10-7-20-5-8-22(38)9-6-20/h5-10,14,17,23-25,28-33,35,38,41-43H,11-13,15-16H2,1-4H3. The molecule has 1 saturated carbocycles. The van der Waals surface area contributed by atoms with Gasteiger partial charge in [0.25, 0.3) is 0 Å². The predicted octanol–water partition coefficient (Wildman–Crippen LogP) is 0.464. The van der Waals surface area contributed by atoms with E-state index < -0.39 is 97.6 Å². The van der Waals surface area contributed by atoms with Crippen molar-refractivity contribution >= 4 is 30.0 Å². The van der Waals surface area contributed by atoms with Crippen LogP contribution in [0.15, 0.2) is 42.2 Å². The van der Waals surface area contributed by atoms with Crippen LogP contribution < -0.4 is 0 Å². The predicted molar refractivity (Wildman–Crippen MR) is 168 cm³/mol. The first-order valence-corrected chi connectivity index (χ1v) is 16.1. The Morgan fingerprint density at radius 3 is 2.32 bits per heavy atom. The van der Waals surface area contributed by atoms with Crippen LogP contribution in [0.4, 0.5) is 0 Å². The largest absolute Gasteiger partial charge is 0.508 e. The molecule has 0 bridgehead atoms. The minimum absolute atomic E-state index is 0.0284. The number of hydrogen-bond acceptors (Lipinski definition) is 16. The maximum absolute atomic E-state index is 12.8. The number of rotatable bonds is 13. The zero-order chi connectivity index (χ0) is 36.7. The number of ether oxygens (including phenoxy) is 7. The van der Waals surface area contributed by atoms with Crippen LogP contribution in [0.5, 0.6) is 5.75 Å². The first-order chi connectivity index (χ1) is 23.6. The Kier molecular flexibility index (Phi) is 13.0. The second-order valence-electron chi connectivity index (χ2n) is 12.9. The molecule has 0 aromatic heterocycles. The van der Waals surface area contributed by atoms with Gasteiger partial charge in [-0.1, -0.05) is 26.0 Å². The second-order valence-corrected chi connectivity index (χ2v) is 12.9. The van der Waals surface area contributed by atoms with Gasteiger partial charge < -0.3 is 58.7 Å². The smallest absolute Gasteiger partial charge is 0.331 e. The molecule has 2 aliphatic heterocycles. The Labute approximate surface area is 288 Å². The number of carbonyl (C=O) groups excluding carboxylic acids is 4. The van der Waals surface area contributed by atoms with E-state index in [-0.39, 0.29) is 31.1 Å². The van der Waals surface area contributed by atoms with E-state index in [4.69, 9.17) is 33.2 Å². The molecule has 0 spiro atoms. The van der Waals surface area contributed by atoms with E-state index in [9.17, 15) is 44.7 Å². The molecular formula is C34H44O16. The summed E-state index contributed by atoms with van der Waals surface area (Å²) in [6, 6.07) is 5.93. The SMILES string of the molecule is CC(=O)OCC1(O)C(OC(C)=O)CC2C(COC3OC(CO)C(O)C(O)C3OC(=O)C=Cc3ccc(O)cc3)=COC(OC(=O)CC(C)C)C21. The van der Waals surface area contributed by atoms with E-state index in [1.807, 2.05) is 13.8 Å². The summed E-state index contributed by atoms with van der Waals surface area (Å²) in [4.78, 5) is 49.3. The molecule has 50 heavy (non-hydrogen) atoms. The molecular weight excluding hydrogens is 664 g/mol. The third-order valence-corrected chi connectivity index (χ3v) is 8.59. The Hall–Kier alpha value is -4.06. The molecule has 5 N–H and O–H groups in total. The van der Waals surface area contributed by atoms with Crippen molar-refractivity contribution in [2.24, 2.45) is 17.8 Å². The van der Waals surface area contributed by atoms with Gasteiger partial charge in [0.2, 0.25) is 6.29 Å². The van der Waals surface area contributed by atoms with Crippen LogP contribution in [0.1, 0.15) is 46.1 Å². The van der Waals surface area contributed by atoms with E-state index in [2.05, 4.69) is 0 Å². The van der Waals surface area contributed by atoms with Crippen molar-refractivity contribution in [3.63, 3.8) is 0 Å². The fourth-order valence-corrected chi connectivity index (χ4v) is 6.21. The monoisotopic (exact) mass is 708 g/mol. The third kappa shape index (κ3) is 9.38. The van der Waals surface area contributed by atoms with Gasteiger partial charge >= 0.3 is 23.9 Å². The van der Waals surface area contributed by atoms with E-state index >= 15 is 0 Å². The van der Waals surface area contributed by atoms with E-state index in [1.165, 1.54) is 24.5 Å². The number of carbonyl (C=O) groups is 4. The first-order valence-electron chi connectivity index (χ1n) is 16.1. The highest BCUT2D eigenvalue weighted by atomic mass is 16.7. The minimum atomic E-state index is -2.07. The maximum atomic E-state index is 12.8. The summed E-state index contributed by atoms with van der Waals surface area (Å²) < 4.78 is 39.1. The highest BCUT2D eigenvalue weighted by Gasteiger charge is 2.63. The van der Waals surface area contributed by atoms with Crippen molar-refractivity contribution in [2.75, 3.05) is 19.8 Å². The van der Waals surface area contributed by atoms with Crippen LogP contribution in [-0.4, -0.2) is 118 Å². The fraction of sp³-hybridized carbons (Fsp3) is 0.588. The summed E-state index contributed by atoms with van der Waals surface area (Å²) in [6.45, 7) is 4.19. The molecule has 1 saturated heterocycles. The number of phenolic OH excluding ortho intramolecular Hbond substituents is 1. The Bertz CT molecular complexity index is 1420. The number of aliphatic hydroxyl groups excluding tert-OH is 3. The van der Waals surface area contributed by atoms with Gasteiger partial charge in [0.1, 0.15) is 42.4 Å². The maximum Gasteiger partial charge on any atom is 0.331 e. The molecule has 10 unspecified atom stereocenters. The van der Waals surface area contributed by atoms with Gasteiger partial charge in [-0.05, 0) is 41.7 Å². The number of fused-ring (bicyclic) bond motifs is 1. The molecule has 2 fully saturated rings. The lowest BCUT2D eigenvalue weighted by atomic mass is 9.80. The average molecular weight is 709 g/mol. The van der Waals surface area contributed by atoms with Gasteiger partial charge in [-0.2, -0.15) is 0 Å². The Balaban J connectivity index is 1.58. The van der Waals surface area contributed by atoms with Gasteiger partial charge in [0.05, 0.1) is 25.4 Å². The van der Waals surface area contributed by atoms with Crippen LogP contribution in [0, 0.1) is 17.8 Å². The van der Waals surface area contributed by atoms with Crippen LogP contribution in [0.2, 0.25) is 0 Å². The minimum Gasteiger partial charge on any atom is -0.508 e. The van der Waals surface area contributed by atoms with Crippen LogP contribution in [-0.2, 0) is 52.3 Å². The second kappa shape index (κ2) is 16.8. The van der Waals surface area contributed by atoms with Crippen LogP contribution in [0.25, 0.3) is 6.08 Å². The summed E-state index contributed by atoms with van der Waals surface area (Å²) in [5.74, 6) is -4.92. The van der Waals surface area contributed by atoms with Crippen molar-refractivity contribution in [1.82, 2.24) is 0 Å². The number of hydrogen-bond donors (Lipinski definition) is 5. The Morgan fingerprint density at radius 2 is 1.70 bits per heavy atom. The summed E-state index contributed by atoms with van der Waals surface area (Å²) >= 11 is 0. The summed E-state index contributed by atoms with van der Waals surface area (Å²) in [7, 11) is 0. The van der Waals surface area contributed by atoms with Crippen molar-refractivity contribution in [1.29, 1.82) is 0 Å². The number of esters is 4. The lowest BCUT2D eigenvalue weighted by Gasteiger charge is -2.42. The molecule has 2 heterocycles. The normalized spacial score (nSPS) is 32.1. The van der Waals surface area contributed by atoms with Crippen molar-refractivity contribution in [3.05, 3.63) is 47.7 Å². The van der Waals surface area contributed by atoms with E-state index in [1.54, 1.807) is 12.1 Å².